The molecule has 1 aromatic carbocycles. The van der Waals surface area contributed by atoms with Gasteiger partial charge in [-0.25, -0.2) is 4.79 Å². The summed E-state index contributed by atoms with van der Waals surface area (Å²) in [6.45, 7) is 1.89. The minimum atomic E-state index is -1.06. The second-order valence-electron chi connectivity index (χ2n) is 5.59. The van der Waals surface area contributed by atoms with Crippen molar-refractivity contribution in [1.29, 1.82) is 0 Å². The van der Waals surface area contributed by atoms with Gasteiger partial charge in [0.1, 0.15) is 11.3 Å². The molecule has 4 heteroatoms. The third kappa shape index (κ3) is 2.96. The molecule has 1 saturated carbocycles. The van der Waals surface area contributed by atoms with Gasteiger partial charge in [0.2, 0.25) is 0 Å². The van der Waals surface area contributed by atoms with Crippen LogP contribution < -0.4 is 5.32 Å². The fourth-order valence-corrected chi connectivity index (χ4v) is 3.07. The molecule has 0 saturated heterocycles. The first-order valence-electron chi connectivity index (χ1n) is 7.39. The number of nitrogens with one attached hydrogen (secondary N) is 1. The molecule has 3 N–H and O–H groups in total. The van der Waals surface area contributed by atoms with Gasteiger partial charge < -0.3 is 10.2 Å². The molecule has 1 fully saturated rings. The van der Waals surface area contributed by atoms with Crippen molar-refractivity contribution in [2.24, 2.45) is 0 Å². The summed E-state index contributed by atoms with van der Waals surface area (Å²) in [5, 5.41) is 22.5. The van der Waals surface area contributed by atoms with Crippen LogP contribution in [0.5, 0.6) is 5.75 Å². The molecule has 1 unspecified atom stereocenters. The van der Waals surface area contributed by atoms with Crippen molar-refractivity contribution in [3.8, 4) is 5.75 Å². The number of aliphatic carboxylic acids is 1. The Bertz CT molecular complexity index is 451. The van der Waals surface area contributed by atoms with E-state index < -0.39 is 11.5 Å². The van der Waals surface area contributed by atoms with Crippen LogP contribution in [0, 0.1) is 0 Å². The number of phenolic OH excluding ortho intramolecular Hbond substituents is 1. The summed E-state index contributed by atoms with van der Waals surface area (Å²) in [6.07, 6.45) is 6.10. The maximum atomic E-state index is 11.9. The SMILES string of the molecule is CCC(NC1CCCCC1)(C(=O)O)c1ccc(O)cc1. The lowest BCUT2D eigenvalue weighted by Gasteiger charge is -2.36. The molecule has 2 rings (SSSR count). The average molecular weight is 277 g/mol. The van der Waals surface area contributed by atoms with Gasteiger partial charge in [0.05, 0.1) is 0 Å². The molecule has 0 radical (unpaired) electrons. The lowest BCUT2D eigenvalue weighted by atomic mass is 9.84. The van der Waals surface area contributed by atoms with Gasteiger partial charge in [-0.1, -0.05) is 38.3 Å². The zero-order valence-electron chi connectivity index (χ0n) is 11.9. The van der Waals surface area contributed by atoms with E-state index in [1.54, 1.807) is 24.3 Å². The summed E-state index contributed by atoms with van der Waals surface area (Å²) < 4.78 is 0. The number of aromatic hydroxyl groups is 1. The Balaban J connectivity index is 2.28. The number of phenols is 1. The normalized spacial score (nSPS) is 19.4. The van der Waals surface area contributed by atoms with Gasteiger partial charge in [-0.05, 0) is 37.0 Å². The van der Waals surface area contributed by atoms with E-state index >= 15 is 0 Å². The second kappa shape index (κ2) is 6.27. The summed E-state index contributed by atoms with van der Waals surface area (Å²) >= 11 is 0. The Morgan fingerprint density at radius 3 is 2.35 bits per heavy atom. The minimum Gasteiger partial charge on any atom is -0.508 e. The van der Waals surface area contributed by atoms with Crippen LogP contribution in [-0.4, -0.2) is 22.2 Å². The fourth-order valence-electron chi connectivity index (χ4n) is 3.07. The Morgan fingerprint density at radius 1 is 1.25 bits per heavy atom. The van der Waals surface area contributed by atoms with Gasteiger partial charge in [-0.3, -0.25) is 5.32 Å². The predicted molar refractivity (Wildman–Crippen MR) is 77.7 cm³/mol. The van der Waals surface area contributed by atoms with E-state index in [1.807, 2.05) is 6.92 Å². The molecule has 1 aromatic rings. The fraction of sp³-hybridized carbons (Fsp3) is 0.562. The van der Waals surface area contributed by atoms with Crippen LogP contribution in [0.2, 0.25) is 0 Å². The number of carboxylic acid groups (broad SMARTS) is 1. The Morgan fingerprint density at radius 2 is 1.85 bits per heavy atom. The van der Waals surface area contributed by atoms with Crippen LogP contribution in [0.1, 0.15) is 51.0 Å². The molecular weight excluding hydrogens is 254 g/mol. The van der Waals surface area contributed by atoms with E-state index in [1.165, 1.54) is 6.42 Å². The van der Waals surface area contributed by atoms with Crippen molar-refractivity contribution >= 4 is 5.97 Å². The smallest absolute Gasteiger partial charge is 0.328 e. The molecule has 0 spiro atoms. The predicted octanol–water partition coefficient (Wildman–Crippen LogP) is 3.00. The van der Waals surface area contributed by atoms with E-state index in [0.29, 0.717) is 12.0 Å². The first-order valence-corrected chi connectivity index (χ1v) is 7.39. The van der Waals surface area contributed by atoms with Gasteiger partial charge in [-0.15, -0.1) is 0 Å². The number of hydrogen-bond donors (Lipinski definition) is 3. The number of carboxylic acids is 1. The maximum absolute atomic E-state index is 11.9. The Kier molecular flexibility index (Phi) is 4.65. The summed E-state index contributed by atoms with van der Waals surface area (Å²) in [6, 6.07) is 6.75. The summed E-state index contributed by atoms with van der Waals surface area (Å²) in [5.41, 5.74) is -0.355. The van der Waals surface area contributed by atoms with Crippen LogP contribution in [0.25, 0.3) is 0 Å². The molecule has 0 heterocycles. The van der Waals surface area contributed by atoms with Crippen molar-refractivity contribution < 1.29 is 15.0 Å². The van der Waals surface area contributed by atoms with Crippen molar-refractivity contribution in [2.75, 3.05) is 0 Å². The summed E-state index contributed by atoms with van der Waals surface area (Å²) in [5.74, 6) is -0.696. The molecule has 20 heavy (non-hydrogen) atoms. The Hall–Kier alpha value is -1.55. The van der Waals surface area contributed by atoms with Crippen LogP contribution in [0.3, 0.4) is 0 Å². The largest absolute Gasteiger partial charge is 0.508 e. The molecule has 110 valence electrons. The number of carbonyl (C=O) groups is 1. The van der Waals surface area contributed by atoms with E-state index in [9.17, 15) is 15.0 Å². The number of rotatable bonds is 5. The highest BCUT2D eigenvalue weighted by Gasteiger charge is 2.40. The van der Waals surface area contributed by atoms with Crippen molar-refractivity contribution in [1.82, 2.24) is 5.32 Å². The highest BCUT2D eigenvalue weighted by molar-refractivity contribution is 5.80. The lowest BCUT2D eigenvalue weighted by molar-refractivity contribution is -0.146. The number of hydrogen-bond acceptors (Lipinski definition) is 3. The number of benzene rings is 1. The zero-order chi connectivity index (χ0) is 14.6. The van der Waals surface area contributed by atoms with E-state index in [-0.39, 0.29) is 11.8 Å². The molecule has 0 amide bonds. The standard InChI is InChI=1S/C16H23NO3/c1-2-16(15(19)20,12-8-10-14(18)11-9-12)17-13-6-4-3-5-7-13/h8-11,13,17-18H,2-7H2,1H3,(H,19,20). The van der Waals surface area contributed by atoms with Crippen LogP contribution in [-0.2, 0) is 10.3 Å². The topological polar surface area (TPSA) is 69.6 Å². The Labute approximate surface area is 119 Å². The van der Waals surface area contributed by atoms with Gasteiger partial charge >= 0.3 is 5.97 Å². The monoisotopic (exact) mass is 277 g/mol. The van der Waals surface area contributed by atoms with Crippen LogP contribution >= 0.6 is 0 Å². The van der Waals surface area contributed by atoms with Gasteiger partial charge in [0.25, 0.3) is 0 Å². The average Bonchev–Trinajstić information content (AvgIpc) is 2.46. The molecule has 0 bridgehead atoms. The molecule has 4 nitrogen and oxygen atoms in total. The van der Waals surface area contributed by atoms with E-state index in [0.717, 1.165) is 25.7 Å². The highest BCUT2D eigenvalue weighted by atomic mass is 16.4. The second-order valence-corrected chi connectivity index (χ2v) is 5.59. The molecule has 1 aliphatic rings. The first kappa shape index (κ1) is 14.9. The quantitative estimate of drug-likeness (QED) is 0.774. The lowest BCUT2D eigenvalue weighted by Crippen LogP contribution is -2.53. The zero-order valence-corrected chi connectivity index (χ0v) is 11.9. The van der Waals surface area contributed by atoms with E-state index in [2.05, 4.69) is 5.32 Å². The molecule has 1 atom stereocenters. The van der Waals surface area contributed by atoms with Gasteiger partial charge in [0.15, 0.2) is 0 Å². The van der Waals surface area contributed by atoms with Gasteiger partial charge in [0, 0.05) is 6.04 Å². The first-order chi connectivity index (χ1) is 9.58. The third-order valence-corrected chi connectivity index (χ3v) is 4.31. The van der Waals surface area contributed by atoms with Crippen molar-refractivity contribution in [2.45, 2.75) is 57.0 Å². The molecule has 1 aliphatic carbocycles. The molecule has 0 aromatic heterocycles. The van der Waals surface area contributed by atoms with Crippen molar-refractivity contribution in [3.63, 3.8) is 0 Å². The molecule has 0 aliphatic heterocycles. The molecular formula is C16H23NO3. The third-order valence-electron chi connectivity index (χ3n) is 4.31. The van der Waals surface area contributed by atoms with Crippen LogP contribution in [0.15, 0.2) is 24.3 Å². The summed E-state index contributed by atoms with van der Waals surface area (Å²) in [7, 11) is 0. The van der Waals surface area contributed by atoms with Crippen molar-refractivity contribution in [3.05, 3.63) is 29.8 Å². The highest BCUT2D eigenvalue weighted by Crippen LogP contribution is 2.30. The van der Waals surface area contributed by atoms with Crippen LogP contribution in [0.4, 0.5) is 0 Å². The maximum Gasteiger partial charge on any atom is 0.328 e. The van der Waals surface area contributed by atoms with E-state index in [4.69, 9.17) is 0 Å². The van der Waals surface area contributed by atoms with Gasteiger partial charge in [-0.2, -0.15) is 0 Å². The summed E-state index contributed by atoms with van der Waals surface area (Å²) in [4.78, 5) is 11.9. The minimum absolute atomic E-state index is 0.154.